The predicted octanol–water partition coefficient (Wildman–Crippen LogP) is 0.553. The molecule has 2 aromatic rings. The fourth-order valence-corrected chi connectivity index (χ4v) is 1.38. The quantitative estimate of drug-likeness (QED) is 0.818. The average Bonchev–Trinajstić information content (AvgIpc) is 2.77. The van der Waals surface area contributed by atoms with E-state index in [4.69, 9.17) is 9.84 Å². The highest BCUT2D eigenvalue weighted by Crippen LogP contribution is 2.12. The van der Waals surface area contributed by atoms with Crippen molar-refractivity contribution in [1.29, 1.82) is 0 Å². The minimum Gasteiger partial charge on any atom is -0.486 e. The number of aromatic nitrogens is 4. The van der Waals surface area contributed by atoms with Crippen molar-refractivity contribution in [1.82, 2.24) is 20.2 Å². The van der Waals surface area contributed by atoms with Crippen LogP contribution in [0.4, 0.5) is 0 Å². The Morgan fingerprint density at radius 3 is 2.76 bits per heavy atom. The molecule has 1 aromatic heterocycles. The minimum atomic E-state index is 0.00255. The Hall–Kier alpha value is -1.95. The van der Waals surface area contributed by atoms with E-state index in [9.17, 15) is 0 Å². The van der Waals surface area contributed by atoms with Crippen LogP contribution in [0.25, 0.3) is 0 Å². The van der Waals surface area contributed by atoms with Gasteiger partial charge in [0.05, 0.1) is 13.2 Å². The summed E-state index contributed by atoms with van der Waals surface area (Å²) >= 11 is 0. The highest BCUT2D eigenvalue weighted by Gasteiger charge is 2.05. The van der Waals surface area contributed by atoms with Crippen LogP contribution in [0.2, 0.25) is 0 Å². The van der Waals surface area contributed by atoms with Crippen LogP contribution in [-0.4, -0.2) is 31.9 Å². The molecule has 6 heteroatoms. The molecule has 17 heavy (non-hydrogen) atoms. The summed E-state index contributed by atoms with van der Waals surface area (Å²) in [5.74, 6) is 1.37. The van der Waals surface area contributed by atoms with E-state index in [1.807, 2.05) is 31.2 Å². The Labute approximate surface area is 98.8 Å². The molecule has 1 N–H and O–H groups in total. The van der Waals surface area contributed by atoms with Crippen LogP contribution in [0.15, 0.2) is 24.3 Å². The molecule has 0 aliphatic rings. The maximum atomic E-state index is 8.82. The summed E-state index contributed by atoms with van der Waals surface area (Å²) in [6, 6.07) is 7.75. The standard InChI is InChI=1S/C11H14N4O2/c1-9-2-4-10(5-3-9)17-8-11-12-13-14-15(11)6-7-16/h2-5,16H,6-8H2,1H3. The van der Waals surface area contributed by atoms with Crippen molar-refractivity contribution in [2.24, 2.45) is 0 Å². The number of aryl methyl sites for hydroxylation is 1. The van der Waals surface area contributed by atoms with E-state index in [2.05, 4.69) is 15.5 Å². The van der Waals surface area contributed by atoms with Crippen LogP contribution in [0, 0.1) is 6.92 Å². The summed E-state index contributed by atoms with van der Waals surface area (Å²) in [7, 11) is 0. The third-order valence-electron chi connectivity index (χ3n) is 2.31. The second kappa shape index (κ2) is 5.40. The first-order valence-corrected chi connectivity index (χ1v) is 5.35. The van der Waals surface area contributed by atoms with Gasteiger partial charge < -0.3 is 9.84 Å². The average molecular weight is 234 g/mol. The highest BCUT2D eigenvalue weighted by atomic mass is 16.5. The van der Waals surface area contributed by atoms with Gasteiger partial charge in [0, 0.05) is 0 Å². The van der Waals surface area contributed by atoms with Crippen molar-refractivity contribution in [3.8, 4) is 5.75 Å². The van der Waals surface area contributed by atoms with Crippen molar-refractivity contribution in [3.63, 3.8) is 0 Å². The van der Waals surface area contributed by atoms with Gasteiger partial charge in [0.1, 0.15) is 12.4 Å². The lowest BCUT2D eigenvalue weighted by atomic mass is 10.2. The lowest BCUT2D eigenvalue weighted by Gasteiger charge is -2.06. The molecule has 0 saturated carbocycles. The first-order chi connectivity index (χ1) is 8.29. The Kier molecular flexibility index (Phi) is 3.66. The van der Waals surface area contributed by atoms with Crippen molar-refractivity contribution in [2.75, 3.05) is 6.61 Å². The molecule has 0 atom stereocenters. The molecule has 0 unspecified atom stereocenters. The fraction of sp³-hybridized carbons (Fsp3) is 0.364. The first kappa shape index (κ1) is 11.5. The number of hydrogen-bond acceptors (Lipinski definition) is 5. The van der Waals surface area contributed by atoms with E-state index in [1.54, 1.807) is 0 Å². The third-order valence-corrected chi connectivity index (χ3v) is 2.31. The van der Waals surface area contributed by atoms with E-state index >= 15 is 0 Å². The lowest BCUT2D eigenvalue weighted by molar-refractivity contribution is 0.250. The van der Waals surface area contributed by atoms with Crippen LogP contribution in [0.1, 0.15) is 11.4 Å². The van der Waals surface area contributed by atoms with E-state index in [-0.39, 0.29) is 13.2 Å². The molecule has 0 bridgehead atoms. The van der Waals surface area contributed by atoms with Crippen molar-refractivity contribution >= 4 is 0 Å². The molecule has 0 spiro atoms. The number of rotatable bonds is 5. The summed E-state index contributed by atoms with van der Waals surface area (Å²) in [6.45, 7) is 2.68. The van der Waals surface area contributed by atoms with Crippen LogP contribution < -0.4 is 4.74 Å². The molecule has 1 aromatic carbocycles. The molecule has 6 nitrogen and oxygen atoms in total. The highest BCUT2D eigenvalue weighted by molar-refractivity contribution is 5.26. The Bertz CT molecular complexity index is 467. The molecule has 0 aliphatic carbocycles. The summed E-state index contributed by atoms with van der Waals surface area (Å²) < 4.78 is 7.07. The lowest BCUT2D eigenvalue weighted by Crippen LogP contribution is -2.11. The van der Waals surface area contributed by atoms with Crippen LogP contribution >= 0.6 is 0 Å². The second-order valence-corrected chi connectivity index (χ2v) is 3.64. The van der Waals surface area contributed by atoms with Crippen LogP contribution in [-0.2, 0) is 13.2 Å². The van der Waals surface area contributed by atoms with Crippen molar-refractivity contribution < 1.29 is 9.84 Å². The minimum absolute atomic E-state index is 0.00255. The van der Waals surface area contributed by atoms with Crippen molar-refractivity contribution in [2.45, 2.75) is 20.1 Å². The zero-order valence-corrected chi connectivity index (χ0v) is 9.58. The summed E-state index contributed by atoms with van der Waals surface area (Å²) in [4.78, 5) is 0. The molecule has 0 amide bonds. The van der Waals surface area contributed by atoms with Gasteiger partial charge >= 0.3 is 0 Å². The molecule has 0 saturated heterocycles. The van der Waals surface area contributed by atoms with Gasteiger partial charge in [-0.05, 0) is 29.5 Å². The van der Waals surface area contributed by atoms with Gasteiger partial charge in [-0.3, -0.25) is 0 Å². The topological polar surface area (TPSA) is 73.1 Å². The Balaban J connectivity index is 1.97. The first-order valence-electron chi connectivity index (χ1n) is 5.35. The zero-order valence-electron chi connectivity index (χ0n) is 9.58. The molecular formula is C11H14N4O2. The van der Waals surface area contributed by atoms with Crippen LogP contribution in [0.3, 0.4) is 0 Å². The molecular weight excluding hydrogens is 220 g/mol. The van der Waals surface area contributed by atoms with Gasteiger partial charge in [0.25, 0.3) is 0 Å². The summed E-state index contributed by atoms with van der Waals surface area (Å²) in [5, 5.41) is 19.9. The molecule has 2 rings (SSSR count). The number of nitrogens with zero attached hydrogens (tertiary/aromatic N) is 4. The third kappa shape index (κ3) is 3.01. The van der Waals surface area contributed by atoms with E-state index in [0.717, 1.165) is 5.75 Å². The molecule has 0 fully saturated rings. The summed E-state index contributed by atoms with van der Waals surface area (Å²) in [5.41, 5.74) is 1.18. The Morgan fingerprint density at radius 1 is 1.29 bits per heavy atom. The number of aliphatic hydroxyl groups excluding tert-OH is 1. The van der Waals surface area contributed by atoms with Crippen LogP contribution in [0.5, 0.6) is 5.75 Å². The monoisotopic (exact) mass is 234 g/mol. The second-order valence-electron chi connectivity index (χ2n) is 3.64. The SMILES string of the molecule is Cc1ccc(OCc2nnnn2CCO)cc1. The van der Waals surface area contributed by atoms with Gasteiger partial charge in [-0.1, -0.05) is 17.7 Å². The molecule has 1 heterocycles. The van der Waals surface area contributed by atoms with Gasteiger partial charge in [-0.25, -0.2) is 4.68 Å². The van der Waals surface area contributed by atoms with Crippen molar-refractivity contribution in [3.05, 3.63) is 35.7 Å². The number of benzene rings is 1. The largest absolute Gasteiger partial charge is 0.486 e. The predicted molar refractivity (Wildman–Crippen MR) is 60.4 cm³/mol. The van der Waals surface area contributed by atoms with Gasteiger partial charge in [0.2, 0.25) is 0 Å². The Morgan fingerprint density at radius 2 is 2.06 bits per heavy atom. The number of aliphatic hydroxyl groups is 1. The smallest absolute Gasteiger partial charge is 0.189 e. The maximum absolute atomic E-state index is 8.82. The van der Waals surface area contributed by atoms with E-state index < -0.39 is 0 Å². The number of tetrazole rings is 1. The molecule has 0 aliphatic heterocycles. The van der Waals surface area contributed by atoms with E-state index in [1.165, 1.54) is 10.2 Å². The van der Waals surface area contributed by atoms with E-state index in [0.29, 0.717) is 12.4 Å². The van der Waals surface area contributed by atoms with Gasteiger partial charge in [0.15, 0.2) is 5.82 Å². The van der Waals surface area contributed by atoms with Gasteiger partial charge in [-0.15, -0.1) is 5.10 Å². The summed E-state index contributed by atoms with van der Waals surface area (Å²) in [6.07, 6.45) is 0. The normalized spacial score (nSPS) is 10.5. The maximum Gasteiger partial charge on any atom is 0.189 e. The number of hydrogen-bond donors (Lipinski definition) is 1. The molecule has 90 valence electrons. The fourth-order valence-electron chi connectivity index (χ4n) is 1.38. The molecule has 0 radical (unpaired) electrons. The van der Waals surface area contributed by atoms with Gasteiger partial charge in [-0.2, -0.15) is 0 Å². The number of ether oxygens (including phenoxy) is 1. The zero-order chi connectivity index (χ0) is 12.1.